The van der Waals surface area contributed by atoms with Crippen molar-refractivity contribution in [2.24, 2.45) is 0 Å². The molecule has 5 N–H and O–H groups in total. The zero-order chi connectivity index (χ0) is 14.2. The molecule has 2 heterocycles. The molecule has 2 bridgehead atoms. The molecule has 0 aromatic carbocycles. The predicted octanol–water partition coefficient (Wildman–Crippen LogP) is -2.08. The van der Waals surface area contributed by atoms with Gasteiger partial charge in [0.1, 0.15) is 0 Å². The van der Waals surface area contributed by atoms with Crippen LogP contribution in [-0.4, -0.2) is 63.2 Å². The van der Waals surface area contributed by atoms with Gasteiger partial charge in [0.25, 0.3) is 0 Å². The summed E-state index contributed by atoms with van der Waals surface area (Å²) >= 11 is 0. The number of hydrogen-bond donors (Lipinski definition) is 5. The summed E-state index contributed by atoms with van der Waals surface area (Å²) < 4.78 is 0. The lowest BCUT2D eigenvalue weighted by atomic mass is 9.97. The van der Waals surface area contributed by atoms with Crippen molar-refractivity contribution in [2.75, 3.05) is 39.3 Å². The van der Waals surface area contributed by atoms with E-state index in [2.05, 4.69) is 26.6 Å². The number of fused-ring (bicyclic) bond motifs is 2. The first-order valence-corrected chi connectivity index (χ1v) is 7.50. The second kappa shape index (κ2) is 8.18. The lowest BCUT2D eigenvalue weighted by Gasteiger charge is -2.29. The molecule has 2 rings (SSSR count). The maximum Gasteiger partial charge on any atom is 0.237 e. The SMILES string of the molecule is O=C1NCCNCCNCCNC(=O)C2CCCC1N2. The van der Waals surface area contributed by atoms with E-state index < -0.39 is 0 Å². The molecule has 0 aromatic heterocycles. The fourth-order valence-electron chi connectivity index (χ4n) is 2.57. The molecule has 7 nitrogen and oxygen atoms in total. The summed E-state index contributed by atoms with van der Waals surface area (Å²) in [7, 11) is 0. The Morgan fingerprint density at radius 1 is 0.700 bits per heavy atom. The first kappa shape index (κ1) is 15.2. The van der Waals surface area contributed by atoms with E-state index in [0.29, 0.717) is 13.1 Å². The van der Waals surface area contributed by atoms with Crippen LogP contribution < -0.4 is 26.6 Å². The molecule has 0 aliphatic carbocycles. The highest BCUT2D eigenvalue weighted by molar-refractivity contribution is 5.85. The summed E-state index contributed by atoms with van der Waals surface area (Å²) in [4.78, 5) is 24.0. The molecule has 114 valence electrons. The van der Waals surface area contributed by atoms with Crippen molar-refractivity contribution in [3.63, 3.8) is 0 Å². The number of rotatable bonds is 0. The van der Waals surface area contributed by atoms with E-state index in [1.54, 1.807) is 0 Å². The van der Waals surface area contributed by atoms with E-state index in [0.717, 1.165) is 45.4 Å². The molecule has 2 amide bonds. The van der Waals surface area contributed by atoms with Gasteiger partial charge in [-0.1, -0.05) is 0 Å². The van der Waals surface area contributed by atoms with Crippen LogP contribution in [-0.2, 0) is 9.59 Å². The van der Waals surface area contributed by atoms with Crippen LogP contribution >= 0.6 is 0 Å². The van der Waals surface area contributed by atoms with Crippen LogP contribution in [0, 0.1) is 0 Å². The van der Waals surface area contributed by atoms with Crippen molar-refractivity contribution in [1.82, 2.24) is 26.6 Å². The lowest BCUT2D eigenvalue weighted by Crippen LogP contribution is -2.56. The molecule has 0 spiro atoms. The fourth-order valence-corrected chi connectivity index (χ4v) is 2.57. The number of carbonyl (C=O) groups is 2. The Kier molecular flexibility index (Phi) is 6.23. The minimum absolute atomic E-state index is 0.00250. The van der Waals surface area contributed by atoms with E-state index in [4.69, 9.17) is 0 Å². The fraction of sp³-hybridized carbons (Fsp3) is 0.846. The topological polar surface area (TPSA) is 94.3 Å². The average Bonchev–Trinajstić information content (AvgIpc) is 2.48. The number of nitrogens with one attached hydrogen (secondary N) is 5. The van der Waals surface area contributed by atoms with Gasteiger partial charge in [0.2, 0.25) is 11.8 Å². The molecular formula is C13H25N5O2. The Labute approximate surface area is 119 Å². The van der Waals surface area contributed by atoms with Crippen LogP contribution in [0.4, 0.5) is 0 Å². The summed E-state index contributed by atoms with van der Waals surface area (Å²) in [5.74, 6) is -0.00501. The van der Waals surface area contributed by atoms with Crippen LogP contribution in [0.1, 0.15) is 19.3 Å². The summed E-state index contributed by atoms with van der Waals surface area (Å²) in [5, 5.41) is 15.5. The number of carbonyl (C=O) groups excluding carboxylic acids is 2. The van der Waals surface area contributed by atoms with Gasteiger partial charge in [0, 0.05) is 39.3 Å². The van der Waals surface area contributed by atoms with Gasteiger partial charge in [-0.3, -0.25) is 14.9 Å². The molecule has 2 atom stereocenters. The minimum atomic E-state index is -0.247. The van der Waals surface area contributed by atoms with Gasteiger partial charge in [-0.05, 0) is 19.3 Å². The van der Waals surface area contributed by atoms with E-state index in [1.165, 1.54) is 0 Å². The zero-order valence-corrected chi connectivity index (χ0v) is 11.8. The molecule has 2 fully saturated rings. The third-order valence-electron chi connectivity index (χ3n) is 3.70. The Morgan fingerprint density at radius 3 is 1.65 bits per heavy atom. The molecule has 2 aliphatic rings. The molecular weight excluding hydrogens is 258 g/mol. The Morgan fingerprint density at radius 2 is 1.15 bits per heavy atom. The van der Waals surface area contributed by atoms with Gasteiger partial charge in [0.05, 0.1) is 12.1 Å². The Hall–Kier alpha value is -1.18. The quantitative estimate of drug-likeness (QED) is 0.352. The lowest BCUT2D eigenvalue weighted by molar-refractivity contribution is -0.127. The molecule has 0 saturated carbocycles. The standard InChI is InChI=1S/C13H25N5O2/c19-12-10-2-1-3-11(18-10)13(20)17-9-7-15-5-4-14-6-8-16-12/h10-11,14-15,18H,1-9H2,(H,16,19)(H,17,20). The highest BCUT2D eigenvalue weighted by Crippen LogP contribution is 2.13. The summed E-state index contributed by atoms with van der Waals surface area (Å²) in [6.45, 7) is 4.48. The van der Waals surface area contributed by atoms with E-state index in [1.807, 2.05) is 0 Å². The van der Waals surface area contributed by atoms with Crippen LogP contribution in [0.15, 0.2) is 0 Å². The zero-order valence-electron chi connectivity index (χ0n) is 11.8. The number of amides is 2. The van der Waals surface area contributed by atoms with E-state index >= 15 is 0 Å². The van der Waals surface area contributed by atoms with Gasteiger partial charge >= 0.3 is 0 Å². The van der Waals surface area contributed by atoms with E-state index in [9.17, 15) is 9.59 Å². The molecule has 0 aromatic rings. The van der Waals surface area contributed by atoms with Gasteiger partial charge in [-0.2, -0.15) is 0 Å². The second-order valence-electron chi connectivity index (χ2n) is 5.28. The molecule has 0 radical (unpaired) electrons. The van der Waals surface area contributed by atoms with Crippen molar-refractivity contribution in [2.45, 2.75) is 31.3 Å². The van der Waals surface area contributed by atoms with Crippen molar-refractivity contribution in [3.05, 3.63) is 0 Å². The molecule has 7 heteroatoms. The largest absolute Gasteiger partial charge is 0.353 e. The third kappa shape index (κ3) is 4.73. The summed E-state index contributed by atoms with van der Waals surface area (Å²) in [6.07, 6.45) is 2.49. The van der Waals surface area contributed by atoms with Gasteiger partial charge in [-0.15, -0.1) is 0 Å². The van der Waals surface area contributed by atoms with Crippen LogP contribution in [0.2, 0.25) is 0 Å². The smallest absolute Gasteiger partial charge is 0.237 e. The van der Waals surface area contributed by atoms with Crippen LogP contribution in [0.3, 0.4) is 0 Å². The molecule has 2 aliphatic heterocycles. The monoisotopic (exact) mass is 283 g/mol. The van der Waals surface area contributed by atoms with Crippen LogP contribution in [0.5, 0.6) is 0 Å². The summed E-state index contributed by atoms with van der Waals surface area (Å²) in [5.41, 5.74) is 0. The first-order valence-electron chi connectivity index (χ1n) is 7.50. The molecule has 20 heavy (non-hydrogen) atoms. The minimum Gasteiger partial charge on any atom is -0.353 e. The highest BCUT2D eigenvalue weighted by atomic mass is 16.2. The Balaban J connectivity index is 1.90. The number of piperidine rings is 1. The van der Waals surface area contributed by atoms with Gasteiger partial charge < -0.3 is 21.3 Å². The molecule has 2 saturated heterocycles. The van der Waals surface area contributed by atoms with E-state index in [-0.39, 0.29) is 23.9 Å². The van der Waals surface area contributed by atoms with Crippen molar-refractivity contribution in [1.29, 1.82) is 0 Å². The van der Waals surface area contributed by atoms with Crippen molar-refractivity contribution >= 4 is 11.8 Å². The van der Waals surface area contributed by atoms with Crippen molar-refractivity contribution < 1.29 is 9.59 Å². The number of hydrogen-bond acceptors (Lipinski definition) is 5. The maximum atomic E-state index is 12.0. The second-order valence-corrected chi connectivity index (χ2v) is 5.28. The van der Waals surface area contributed by atoms with Crippen LogP contribution in [0.25, 0.3) is 0 Å². The van der Waals surface area contributed by atoms with Gasteiger partial charge in [0.15, 0.2) is 0 Å². The Bertz CT molecular complexity index is 307. The third-order valence-corrected chi connectivity index (χ3v) is 3.70. The summed E-state index contributed by atoms with van der Waals surface area (Å²) in [6, 6.07) is -0.495. The maximum absolute atomic E-state index is 12.0. The normalized spacial score (nSPS) is 30.6. The van der Waals surface area contributed by atoms with Crippen molar-refractivity contribution in [3.8, 4) is 0 Å². The molecule has 2 unspecified atom stereocenters. The highest BCUT2D eigenvalue weighted by Gasteiger charge is 2.29. The first-order chi connectivity index (χ1) is 9.77. The van der Waals surface area contributed by atoms with Gasteiger partial charge in [-0.25, -0.2) is 0 Å². The predicted molar refractivity (Wildman–Crippen MR) is 76.3 cm³/mol. The average molecular weight is 283 g/mol.